The Morgan fingerprint density at radius 3 is 2.50 bits per heavy atom. The van der Waals surface area contributed by atoms with Crippen LogP contribution in [0.5, 0.6) is 0 Å². The van der Waals surface area contributed by atoms with E-state index in [1.54, 1.807) is 7.11 Å². The first-order valence-corrected chi connectivity index (χ1v) is 5.18. The molecule has 0 aliphatic carbocycles. The SMILES string of the molecule is CNC(C)C(=O)N1CCC(OC)CC1. The van der Waals surface area contributed by atoms with Gasteiger partial charge in [0, 0.05) is 20.2 Å². The van der Waals surface area contributed by atoms with E-state index in [9.17, 15) is 4.79 Å². The predicted octanol–water partition coefficient (Wildman–Crippen LogP) is 0.232. The molecule has 82 valence electrons. The highest BCUT2D eigenvalue weighted by Crippen LogP contribution is 2.13. The van der Waals surface area contributed by atoms with Crippen LogP contribution in [0.3, 0.4) is 0 Å². The van der Waals surface area contributed by atoms with Crippen LogP contribution in [-0.2, 0) is 9.53 Å². The van der Waals surface area contributed by atoms with Gasteiger partial charge in [-0.3, -0.25) is 4.79 Å². The van der Waals surface area contributed by atoms with Gasteiger partial charge in [0.05, 0.1) is 12.1 Å². The van der Waals surface area contributed by atoms with Gasteiger partial charge < -0.3 is 15.0 Å². The summed E-state index contributed by atoms with van der Waals surface area (Å²) in [7, 11) is 3.54. The van der Waals surface area contributed by atoms with Crippen molar-refractivity contribution in [3.05, 3.63) is 0 Å². The van der Waals surface area contributed by atoms with Gasteiger partial charge in [0.1, 0.15) is 0 Å². The number of nitrogens with one attached hydrogen (secondary N) is 1. The van der Waals surface area contributed by atoms with Crippen LogP contribution in [0.2, 0.25) is 0 Å². The standard InChI is InChI=1S/C10H20N2O2/c1-8(11-2)10(13)12-6-4-9(14-3)5-7-12/h8-9,11H,4-7H2,1-3H3. The number of amides is 1. The Kier molecular flexibility index (Phi) is 4.35. The number of hydrogen-bond donors (Lipinski definition) is 1. The monoisotopic (exact) mass is 200 g/mol. The first-order valence-electron chi connectivity index (χ1n) is 5.18. The molecule has 1 heterocycles. The molecular formula is C10H20N2O2. The summed E-state index contributed by atoms with van der Waals surface area (Å²) in [5, 5.41) is 2.96. The molecular weight excluding hydrogens is 180 g/mol. The smallest absolute Gasteiger partial charge is 0.239 e. The molecule has 1 aliphatic heterocycles. The molecule has 14 heavy (non-hydrogen) atoms. The van der Waals surface area contributed by atoms with Crippen LogP contribution in [-0.4, -0.2) is 50.2 Å². The molecule has 1 saturated heterocycles. The van der Waals surface area contributed by atoms with Crippen molar-refractivity contribution in [2.24, 2.45) is 0 Å². The van der Waals surface area contributed by atoms with Crippen molar-refractivity contribution in [3.63, 3.8) is 0 Å². The second-order valence-corrected chi connectivity index (χ2v) is 3.77. The van der Waals surface area contributed by atoms with Gasteiger partial charge in [0.2, 0.25) is 5.91 Å². The van der Waals surface area contributed by atoms with Crippen LogP contribution in [0.25, 0.3) is 0 Å². The van der Waals surface area contributed by atoms with E-state index in [1.165, 1.54) is 0 Å². The summed E-state index contributed by atoms with van der Waals surface area (Å²) in [6.45, 7) is 3.54. The lowest BCUT2D eigenvalue weighted by Crippen LogP contribution is -2.47. The summed E-state index contributed by atoms with van der Waals surface area (Å²) in [6.07, 6.45) is 2.25. The van der Waals surface area contributed by atoms with E-state index in [-0.39, 0.29) is 11.9 Å². The van der Waals surface area contributed by atoms with Gasteiger partial charge >= 0.3 is 0 Å². The maximum absolute atomic E-state index is 11.7. The largest absolute Gasteiger partial charge is 0.381 e. The van der Waals surface area contributed by atoms with Gasteiger partial charge in [-0.25, -0.2) is 0 Å². The minimum absolute atomic E-state index is 0.0749. The van der Waals surface area contributed by atoms with Gasteiger partial charge in [0.15, 0.2) is 0 Å². The van der Waals surface area contributed by atoms with Crippen LogP contribution >= 0.6 is 0 Å². The lowest BCUT2D eigenvalue weighted by Gasteiger charge is -2.32. The molecule has 1 amide bonds. The Morgan fingerprint density at radius 2 is 2.07 bits per heavy atom. The third-order valence-corrected chi connectivity index (χ3v) is 2.89. The van der Waals surface area contributed by atoms with Crippen LogP contribution in [0, 0.1) is 0 Å². The Bertz CT molecular complexity index is 189. The Labute approximate surface area is 85.6 Å². The Balaban J connectivity index is 2.37. The second kappa shape index (κ2) is 5.32. The number of carbonyl (C=O) groups is 1. The molecule has 1 atom stereocenters. The number of ether oxygens (including phenoxy) is 1. The first kappa shape index (κ1) is 11.5. The van der Waals surface area contributed by atoms with Gasteiger partial charge in [-0.15, -0.1) is 0 Å². The van der Waals surface area contributed by atoms with Crippen LogP contribution in [0.1, 0.15) is 19.8 Å². The fourth-order valence-corrected chi connectivity index (χ4v) is 1.71. The third-order valence-electron chi connectivity index (χ3n) is 2.89. The van der Waals surface area contributed by atoms with E-state index in [4.69, 9.17) is 4.74 Å². The molecule has 0 radical (unpaired) electrons. The summed E-state index contributed by atoms with van der Waals surface area (Å²) < 4.78 is 5.25. The summed E-state index contributed by atoms with van der Waals surface area (Å²) in [5.41, 5.74) is 0. The van der Waals surface area contributed by atoms with E-state index in [1.807, 2.05) is 18.9 Å². The first-order chi connectivity index (χ1) is 6.69. The molecule has 0 bridgehead atoms. The maximum atomic E-state index is 11.7. The molecule has 4 heteroatoms. The van der Waals surface area contributed by atoms with E-state index in [2.05, 4.69) is 5.32 Å². The highest BCUT2D eigenvalue weighted by atomic mass is 16.5. The van der Waals surface area contributed by atoms with Crippen LogP contribution < -0.4 is 5.32 Å². The van der Waals surface area contributed by atoms with Crippen molar-refractivity contribution in [1.29, 1.82) is 0 Å². The average molecular weight is 200 g/mol. The summed E-state index contributed by atoms with van der Waals surface area (Å²) >= 11 is 0. The lowest BCUT2D eigenvalue weighted by molar-refractivity contribution is -0.135. The third kappa shape index (κ3) is 2.69. The van der Waals surface area contributed by atoms with E-state index in [0.29, 0.717) is 6.10 Å². The highest BCUT2D eigenvalue weighted by molar-refractivity contribution is 5.81. The zero-order chi connectivity index (χ0) is 10.6. The quantitative estimate of drug-likeness (QED) is 0.709. The summed E-state index contributed by atoms with van der Waals surface area (Å²) in [5.74, 6) is 0.196. The molecule has 1 N–H and O–H groups in total. The van der Waals surface area contributed by atoms with Crippen molar-refractivity contribution < 1.29 is 9.53 Å². The van der Waals surface area contributed by atoms with E-state index >= 15 is 0 Å². The molecule has 1 unspecified atom stereocenters. The van der Waals surface area contributed by atoms with Crippen LogP contribution in [0.4, 0.5) is 0 Å². The van der Waals surface area contributed by atoms with Crippen molar-refractivity contribution >= 4 is 5.91 Å². The molecule has 1 aliphatic rings. The number of likely N-dealkylation sites (N-methyl/N-ethyl adjacent to an activating group) is 1. The fraction of sp³-hybridized carbons (Fsp3) is 0.900. The summed E-state index contributed by atoms with van der Waals surface area (Å²) in [6, 6.07) is -0.0749. The molecule has 0 spiro atoms. The van der Waals surface area contributed by atoms with Crippen molar-refractivity contribution in [3.8, 4) is 0 Å². The zero-order valence-electron chi connectivity index (χ0n) is 9.25. The number of rotatable bonds is 3. The lowest BCUT2D eigenvalue weighted by atomic mass is 10.1. The number of methoxy groups -OCH3 is 1. The van der Waals surface area contributed by atoms with Gasteiger partial charge in [-0.05, 0) is 26.8 Å². The highest BCUT2D eigenvalue weighted by Gasteiger charge is 2.24. The maximum Gasteiger partial charge on any atom is 0.239 e. The topological polar surface area (TPSA) is 41.6 Å². The Hall–Kier alpha value is -0.610. The van der Waals surface area contributed by atoms with Gasteiger partial charge in [-0.1, -0.05) is 0 Å². The number of carbonyl (C=O) groups excluding carboxylic acids is 1. The van der Waals surface area contributed by atoms with E-state index in [0.717, 1.165) is 25.9 Å². The number of likely N-dealkylation sites (tertiary alicyclic amines) is 1. The van der Waals surface area contributed by atoms with Gasteiger partial charge in [-0.2, -0.15) is 0 Å². The fourth-order valence-electron chi connectivity index (χ4n) is 1.71. The van der Waals surface area contributed by atoms with Crippen molar-refractivity contribution in [2.75, 3.05) is 27.2 Å². The molecule has 1 rings (SSSR count). The van der Waals surface area contributed by atoms with Crippen molar-refractivity contribution in [2.45, 2.75) is 31.9 Å². The molecule has 0 aromatic carbocycles. The van der Waals surface area contributed by atoms with E-state index < -0.39 is 0 Å². The predicted molar refractivity (Wildman–Crippen MR) is 55.1 cm³/mol. The van der Waals surface area contributed by atoms with Gasteiger partial charge in [0.25, 0.3) is 0 Å². The number of nitrogens with zero attached hydrogens (tertiary/aromatic N) is 1. The second-order valence-electron chi connectivity index (χ2n) is 3.77. The number of hydrogen-bond acceptors (Lipinski definition) is 3. The molecule has 1 fully saturated rings. The molecule has 0 aromatic rings. The molecule has 0 aromatic heterocycles. The summed E-state index contributed by atoms with van der Waals surface area (Å²) in [4.78, 5) is 13.7. The molecule has 4 nitrogen and oxygen atoms in total. The zero-order valence-corrected chi connectivity index (χ0v) is 9.25. The minimum atomic E-state index is -0.0749. The average Bonchev–Trinajstić information content (AvgIpc) is 2.27. The minimum Gasteiger partial charge on any atom is -0.381 e. The van der Waals surface area contributed by atoms with Crippen molar-refractivity contribution in [1.82, 2.24) is 10.2 Å². The number of piperidine rings is 1. The van der Waals surface area contributed by atoms with Crippen LogP contribution in [0.15, 0.2) is 0 Å². The Morgan fingerprint density at radius 1 is 1.50 bits per heavy atom. The molecule has 0 saturated carbocycles. The normalized spacial score (nSPS) is 20.9.